The molecule has 0 spiro atoms. The minimum Gasteiger partial charge on any atom is -0.352 e. The lowest BCUT2D eigenvalue weighted by atomic mass is 10.1. The first-order chi connectivity index (χ1) is 15.5. The van der Waals surface area contributed by atoms with Crippen LogP contribution in [0.2, 0.25) is 5.02 Å². The monoisotopic (exact) mass is 460 g/mol. The Hall–Kier alpha value is -2.77. The third kappa shape index (κ3) is 7.73. The number of hydrogen-bond acceptors (Lipinski definition) is 4. The molecule has 0 saturated carbocycles. The van der Waals surface area contributed by atoms with Crippen molar-refractivity contribution in [3.8, 4) is 0 Å². The smallest absolute Gasteiger partial charge is 0.257 e. The topological polar surface area (TPSA) is 73.8 Å². The molecule has 0 saturated heterocycles. The molecular weight excluding hydrogens is 431 g/mol. The Labute approximate surface area is 193 Å². The molecule has 8 heteroatoms. The van der Waals surface area contributed by atoms with Gasteiger partial charge in [-0.2, -0.15) is 5.10 Å². The van der Waals surface area contributed by atoms with E-state index in [1.807, 2.05) is 36.9 Å². The van der Waals surface area contributed by atoms with Gasteiger partial charge in [-0.15, -0.1) is 0 Å². The first kappa shape index (κ1) is 25.5. The molecule has 2 aromatic rings. The van der Waals surface area contributed by atoms with Crippen molar-refractivity contribution in [1.82, 2.24) is 15.6 Å². The van der Waals surface area contributed by atoms with Crippen LogP contribution in [0.15, 0.2) is 53.6 Å². The zero-order valence-electron chi connectivity index (χ0n) is 18.5. The molecule has 0 aromatic heterocycles. The number of carbonyl (C=O) groups is 2. The number of nitrogens with zero attached hydrogens (tertiary/aromatic N) is 2. The number of amides is 2. The Kier molecular flexibility index (Phi) is 10.8. The van der Waals surface area contributed by atoms with Crippen LogP contribution in [-0.4, -0.2) is 48.6 Å². The normalized spacial score (nSPS) is 12.2. The van der Waals surface area contributed by atoms with E-state index in [1.54, 1.807) is 18.2 Å². The molecule has 0 aliphatic heterocycles. The van der Waals surface area contributed by atoms with Gasteiger partial charge < -0.3 is 5.32 Å². The molecule has 0 unspecified atom stereocenters. The van der Waals surface area contributed by atoms with Crippen molar-refractivity contribution < 1.29 is 14.0 Å². The second-order valence-electron chi connectivity index (χ2n) is 7.22. The highest BCUT2D eigenvalue weighted by atomic mass is 35.5. The first-order valence-corrected chi connectivity index (χ1v) is 11.2. The maximum absolute atomic E-state index is 13.8. The largest absolute Gasteiger partial charge is 0.352 e. The van der Waals surface area contributed by atoms with Crippen molar-refractivity contribution in [3.05, 3.63) is 70.5 Å². The minimum absolute atomic E-state index is 0.107. The molecule has 0 heterocycles. The van der Waals surface area contributed by atoms with Gasteiger partial charge >= 0.3 is 0 Å². The summed E-state index contributed by atoms with van der Waals surface area (Å²) in [4.78, 5) is 26.9. The maximum Gasteiger partial charge on any atom is 0.257 e. The molecule has 2 rings (SSSR count). The number of rotatable bonds is 12. The molecule has 2 aromatic carbocycles. The molecular formula is C24H30ClFN4O2. The van der Waals surface area contributed by atoms with Gasteiger partial charge in [0.1, 0.15) is 5.82 Å². The van der Waals surface area contributed by atoms with Crippen LogP contribution in [0.4, 0.5) is 4.39 Å². The van der Waals surface area contributed by atoms with E-state index in [1.165, 1.54) is 18.3 Å². The Bertz CT molecular complexity index is 884. The molecule has 0 radical (unpaired) electrons. The van der Waals surface area contributed by atoms with Crippen LogP contribution in [-0.2, 0) is 4.79 Å². The second-order valence-corrected chi connectivity index (χ2v) is 7.63. The molecule has 1 atom stereocenters. The number of nitrogens with one attached hydrogen (secondary N) is 2. The molecule has 2 amide bonds. The van der Waals surface area contributed by atoms with E-state index in [0.717, 1.165) is 12.8 Å². The predicted octanol–water partition coefficient (Wildman–Crippen LogP) is 4.24. The van der Waals surface area contributed by atoms with E-state index in [4.69, 9.17) is 11.6 Å². The van der Waals surface area contributed by atoms with Crippen LogP contribution in [0.25, 0.3) is 0 Å². The van der Waals surface area contributed by atoms with Crippen LogP contribution in [0.5, 0.6) is 0 Å². The quantitative estimate of drug-likeness (QED) is 0.282. The fraction of sp³-hybridized carbons (Fsp3) is 0.375. The van der Waals surface area contributed by atoms with E-state index in [-0.39, 0.29) is 28.4 Å². The number of halogens is 2. The molecule has 0 aliphatic rings. The maximum atomic E-state index is 13.8. The van der Waals surface area contributed by atoms with Gasteiger partial charge in [-0.1, -0.05) is 49.7 Å². The number of likely N-dealkylation sites (N-methyl/N-ethyl adjacent to an activating group) is 1. The van der Waals surface area contributed by atoms with Crippen molar-refractivity contribution in [2.75, 3.05) is 19.6 Å². The third-order valence-electron chi connectivity index (χ3n) is 5.15. The minimum atomic E-state index is -0.506. The highest BCUT2D eigenvalue weighted by Gasteiger charge is 2.23. The zero-order valence-corrected chi connectivity index (χ0v) is 19.2. The van der Waals surface area contributed by atoms with Gasteiger partial charge in [-0.05, 0) is 56.6 Å². The average molecular weight is 461 g/mol. The predicted molar refractivity (Wildman–Crippen MR) is 126 cm³/mol. The first-order valence-electron chi connectivity index (χ1n) is 10.8. The van der Waals surface area contributed by atoms with Crippen molar-refractivity contribution in [3.63, 3.8) is 0 Å². The molecule has 6 nitrogen and oxygen atoms in total. The van der Waals surface area contributed by atoms with Crippen molar-refractivity contribution in [2.45, 2.75) is 39.2 Å². The Morgan fingerprint density at radius 3 is 2.47 bits per heavy atom. The van der Waals surface area contributed by atoms with Crippen molar-refractivity contribution >= 4 is 29.6 Å². The molecule has 0 bridgehead atoms. The second kappa shape index (κ2) is 13.6. The van der Waals surface area contributed by atoms with Crippen LogP contribution in [0.3, 0.4) is 0 Å². The fourth-order valence-corrected chi connectivity index (χ4v) is 3.58. The van der Waals surface area contributed by atoms with Crippen LogP contribution in [0.1, 0.15) is 49.0 Å². The van der Waals surface area contributed by atoms with Gasteiger partial charge in [0.2, 0.25) is 0 Å². The van der Waals surface area contributed by atoms with Gasteiger partial charge in [0.05, 0.1) is 17.3 Å². The number of unbranched alkanes of at least 4 members (excludes halogenated alkanes) is 1. The molecule has 172 valence electrons. The van der Waals surface area contributed by atoms with E-state index >= 15 is 0 Å². The number of carbonyl (C=O) groups excluding carboxylic acids is 2. The summed E-state index contributed by atoms with van der Waals surface area (Å²) in [5, 5.41) is 7.02. The van der Waals surface area contributed by atoms with E-state index in [2.05, 4.69) is 15.8 Å². The number of hydrazone groups is 1. The summed E-state index contributed by atoms with van der Waals surface area (Å²) < 4.78 is 13.8. The average Bonchev–Trinajstić information content (AvgIpc) is 2.80. The molecule has 2 N–H and O–H groups in total. The Balaban J connectivity index is 1.86. The SMILES string of the molecule is CCN(CC)[C@H](CCCCNC(=O)c1ccccc1)C(=O)N/N=C/c1c(F)cccc1Cl. The Morgan fingerprint density at radius 1 is 1.09 bits per heavy atom. The summed E-state index contributed by atoms with van der Waals surface area (Å²) in [7, 11) is 0. The van der Waals surface area contributed by atoms with Gasteiger partial charge in [0.25, 0.3) is 11.8 Å². The van der Waals surface area contributed by atoms with Gasteiger partial charge in [-0.25, -0.2) is 9.82 Å². The summed E-state index contributed by atoms with van der Waals surface area (Å²) in [6, 6.07) is 13.0. The Morgan fingerprint density at radius 2 is 1.81 bits per heavy atom. The highest BCUT2D eigenvalue weighted by Crippen LogP contribution is 2.16. The standard InChI is InChI=1S/C24H30ClFN4O2/c1-3-30(4-2)22(15-8-9-16-27-23(31)18-11-6-5-7-12-18)24(32)29-28-17-19-20(25)13-10-14-21(19)26/h5-7,10-14,17,22H,3-4,8-9,15-16H2,1-2H3,(H,27,31)(H,29,32)/b28-17+/t22-/m1/s1. The summed E-state index contributed by atoms with van der Waals surface area (Å²) in [6.07, 6.45) is 3.34. The molecule has 32 heavy (non-hydrogen) atoms. The van der Waals surface area contributed by atoms with E-state index < -0.39 is 5.82 Å². The summed E-state index contributed by atoms with van der Waals surface area (Å²) >= 11 is 5.98. The lowest BCUT2D eigenvalue weighted by Gasteiger charge is -2.28. The zero-order chi connectivity index (χ0) is 23.3. The number of hydrogen-bond donors (Lipinski definition) is 2. The van der Waals surface area contributed by atoms with E-state index in [9.17, 15) is 14.0 Å². The lowest BCUT2D eigenvalue weighted by molar-refractivity contribution is -0.126. The van der Waals surface area contributed by atoms with Crippen LogP contribution >= 0.6 is 11.6 Å². The van der Waals surface area contributed by atoms with Crippen molar-refractivity contribution in [2.24, 2.45) is 5.10 Å². The van der Waals surface area contributed by atoms with Crippen LogP contribution < -0.4 is 10.7 Å². The lowest BCUT2D eigenvalue weighted by Crippen LogP contribution is -2.45. The highest BCUT2D eigenvalue weighted by molar-refractivity contribution is 6.33. The van der Waals surface area contributed by atoms with Gasteiger partial charge in [0.15, 0.2) is 0 Å². The van der Waals surface area contributed by atoms with Crippen LogP contribution in [0, 0.1) is 5.82 Å². The van der Waals surface area contributed by atoms with Gasteiger partial charge in [-0.3, -0.25) is 14.5 Å². The molecule has 0 fully saturated rings. The third-order valence-corrected chi connectivity index (χ3v) is 5.48. The van der Waals surface area contributed by atoms with E-state index in [0.29, 0.717) is 31.6 Å². The number of benzene rings is 2. The summed E-state index contributed by atoms with van der Waals surface area (Å²) in [5.74, 6) is -0.871. The van der Waals surface area contributed by atoms with Crippen molar-refractivity contribution in [1.29, 1.82) is 0 Å². The molecule has 0 aliphatic carbocycles. The summed E-state index contributed by atoms with van der Waals surface area (Å²) in [5.41, 5.74) is 3.26. The van der Waals surface area contributed by atoms with Gasteiger partial charge in [0, 0.05) is 17.7 Å². The summed E-state index contributed by atoms with van der Waals surface area (Å²) in [6.45, 7) is 5.94. The fourth-order valence-electron chi connectivity index (χ4n) is 3.37.